The first-order valence-corrected chi connectivity index (χ1v) is 6.69. The van der Waals surface area contributed by atoms with Crippen LogP contribution in [0.15, 0.2) is 42.5 Å². The minimum Gasteiger partial charge on any atom is -0.496 e. The number of para-hydroxylation sites is 1. The molecule has 2 N–H and O–H groups in total. The predicted molar refractivity (Wildman–Crippen MR) is 78.0 cm³/mol. The van der Waals surface area contributed by atoms with Crippen LogP contribution in [0.5, 0.6) is 23.0 Å². The third kappa shape index (κ3) is 2.87. The maximum Gasteiger partial charge on any atom is 0.231 e. The molecule has 5 nitrogen and oxygen atoms in total. The fourth-order valence-electron chi connectivity index (χ4n) is 2.22. The highest BCUT2D eigenvalue weighted by Gasteiger charge is 2.15. The first-order chi connectivity index (χ1) is 10.3. The van der Waals surface area contributed by atoms with E-state index in [2.05, 4.69) is 0 Å². The van der Waals surface area contributed by atoms with Gasteiger partial charge in [0.2, 0.25) is 6.79 Å². The van der Waals surface area contributed by atoms with Gasteiger partial charge in [-0.25, -0.2) is 0 Å². The quantitative estimate of drug-likeness (QED) is 0.915. The molecule has 0 saturated carbocycles. The lowest BCUT2D eigenvalue weighted by Crippen LogP contribution is -2.19. The van der Waals surface area contributed by atoms with Crippen molar-refractivity contribution < 1.29 is 18.9 Å². The van der Waals surface area contributed by atoms with Crippen molar-refractivity contribution in [3.63, 3.8) is 0 Å². The van der Waals surface area contributed by atoms with Crippen molar-refractivity contribution in [1.29, 1.82) is 0 Å². The highest BCUT2D eigenvalue weighted by atomic mass is 16.7. The predicted octanol–water partition coefficient (Wildman–Crippen LogP) is 2.50. The average Bonchev–Trinajstić information content (AvgIpc) is 3.00. The summed E-state index contributed by atoms with van der Waals surface area (Å²) < 4.78 is 21.6. The monoisotopic (exact) mass is 287 g/mol. The summed E-state index contributed by atoms with van der Waals surface area (Å²) in [6, 6.07) is 12.9. The van der Waals surface area contributed by atoms with Gasteiger partial charge < -0.3 is 24.7 Å². The van der Waals surface area contributed by atoms with Gasteiger partial charge in [0.1, 0.15) is 18.1 Å². The van der Waals surface area contributed by atoms with E-state index >= 15 is 0 Å². The van der Waals surface area contributed by atoms with Crippen molar-refractivity contribution in [3.8, 4) is 23.0 Å². The zero-order valence-corrected chi connectivity index (χ0v) is 11.7. The van der Waals surface area contributed by atoms with E-state index in [9.17, 15) is 0 Å². The van der Waals surface area contributed by atoms with Gasteiger partial charge in [0, 0.05) is 11.6 Å². The summed E-state index contributed by atoms with van der Waals surface area (Å²) in [5.74, 6) is 2.89. The van der Waals surface area contributed by atoms with E-state index in [0.29, 0.717) is 18.1 Å². The molecule has 1 heterocycles. The summed E-state index contributed by atoms with van der Waals surface area (Å²) in [6.07, 6.45) is 0. The Bertz CT molecular complexity index is 629. The minimum atomic E-state index is -0.272. The molecule has 1 unspecified atom stereocenters. The molecule has 0 saturated heterocycles. The number of ether oxygens (including phenoxy) is 4. The molecule has 2 aromatic carbocycles. The summed E-state index contributed by atoms with van der Waals surface area (Å²) in [4.78, 5) is 0. The number of methoxy groups -OCH3 is 1. The van der Waals surface area contributed by atoms with E-state index < -0.39 is 0 Å². The zero-order chi connectivity index (χ0) is 14.7. The van der Waals surface area contributed by atoms with Crippen LogP contribution in [0.25, 0.3) is 0 Å². The highest BCUT2D eigenvalue weighted by molar-refractivity contribution is 5.47. The third-order valence-electron chi connectivity index (χ3n) is 3.31. The molecule has 0 aromatic heterocycles. The third-order valence-corrected chi connectivity index (χ3v) is 3.31. The lowest BCUT2D eigenvalue weighted by atomic mass is 10.1. The maximum absolute atomic E-state index is 6.17. The SMILES string of the molecule is COc1ccccc1C(N)COc1ccc2c(c1)OCO2. The lowest BCUT2D eigenvalue weighted by molar-refractivity contribution is 0.173. The number of rotatable bonds is 5. The van der Waals surface area contributed by atoms with Crippen molar-refractivity contribution in [2.45, 2.75) is 6.04 Å². The Morgan fingerprint density at radius 2 is 1.95 bits per heavy atom. The number of hydrogen-bond donors (Lipinski definition) is 1. The van der Waals surface area contributed by atoms with E-state index in [1.165, 1.54) is 0 Å². The van der Waals surface area contributed by atoms with Crippen molar-refractivity contribution in [2.75, 3.05) is 20.5 Å². The Hall–Kier alpha value is -2.40. The van der Waals surface area contributed by atoms with Gasteiger partial charge in [-0.15, -0.1) is 0 Å². The van der Waals surface area contributed by atoms with Crippen LogP contribution in [0.1, 0.15) is 11.6 Å². The van der Waals surface area contributed by atoms with Crippen LogP contribution in [0, 0.1) is 0 Å². The van der Waals surface area contributed by atoms with Gasteiger partial charge in [0.25, 0.3) is 0 Å². The van der Waals surface area contributed by atoms with Crippen molar-refractivity contribution in [1.82, 2.24) is 0 Å². The Morgan fingerprint density at radius 1 is 1.14 bits per heavy atom. The van der Waals surface area contributed by atoms with Gasteiger partial charge in [-0.2, -0.15) is 0 Å². The fourth-order valence-corrected chi connectivity index (χ4v) is 2.22. The van der Waals surface area contributed by atoms with Crippen molar-refractivity contribution in [3.05, 3.63) is 48.0 Å². The molecule has 1 atom stereocenters. The largest absolute Gasteiger partial charge is 0.496 e. The highest BCUT2D eigenvalue weighted by Crippen LogP contribution is 2.35. The molecule has 110 valence electrons. The van der Waals surface area contributed by atoms with Crippen LogP contribution < -0.4 is 24.7 Å². The number of hydrogen-bond acceptors (Lipinski definition) is 5. The smallest absolute Gasteiger partial charge is 0.231 e. The molecule has 0 bridgehead atoms. The van der Waals surface area contributed by atoms with Crippen LogP contribution >= 0.6 is 0 Å². The number of fused-ring (bicyclic) bond motifs is 1. The van der Waals surface area contributed by atoms with Gasteiger partial charge in [0.15, 0.2) is 11.5 Å². The summed E-state index contributed by atoms with van der Waals surface area (Å²) >= 11 is 0. The molecule has 21 heavy (non-hydrogen) atoms. The van der Waals surface area contributed by atoms with Gasteiger partial charge in [-0.3, -0.25) is 0 Å². The number of nitrogens with two attached hydrogens (primary N) is 1. The second-order valence-corrected chi connectivity index (χ2v) is 4.67. The zero-order valence-electron chi connectivity index (χ0n) is 11.7. The Balaban J connectivity index is 1.67. The molecular formula is C16H17NO4. The summed E-state index contributed by atoms with van der Waals surface area (Å²) in [5.41, 5.74) is 7.09. The Labute approximate surface area is 123 Å². The molecule has 5 heteroatoms. The van der Waals surface area contributed by atoms with Crippen LogP contribution in [-0.2, 0) is 0 Å². The molecular weight excluding hydrogens is 270 g/mol. The van der Waals surface area contributed by atoms with E-state index in [4.69, 9.17) is 24.7 Å². The van der Waals surface area contributed by atoms with Crippen LogP contribution in [0.3, 0.4) is 0 Å². The second kappa shape index (κ2) is 5.93. The number of benzene rings is 2. The molecule has 3 rings (SSSR count). The standard InChI is InChI=1S/C16H17NO4/c1-18-14-5-3-2-4-12(14)13(17)9-19-11-6-7-15-16(8-11)21-10-20-15/h2-8,13H,9-10,17H2,1H3. The van der Waals surface area contributed by atoms with Gasteiger partial charge in [-0.05, 0) is 18.2 Å². The average molecular weight is 287 g/mol. The normalized spacial score (nSPS) is 13.8. The van der Waals surface area contributed by atoms with E-state index in [-0.39, 0.29) is 12.8 Å². The Kier molecular flexibility index (Phi) is 3.83. The molecule has 0 fully saturated rings. The lowest BCUT2D eigenvalue weighted by Gasteiger charge is -2.16. The van der Waals surface area contributed by atoms with Crippen molar-refractivity contribution >= 4 is 0 Å². The second-order valence-electron chi connectivity index (χ2n) is 4.67. The molecule has 0 spiro atoms. The first kappa shape index (κ1) is 13.6. The van der Waals surface area contributed by atoms with E-state index in [1.807, 2.05) is 36.4 Å². The van der Waals surface area contributed by atoms with Gasteiger partial charge >= 0.3 is 0 Å². The maximum atomic E-state index is 6.17. The molecule has 1 aliphatic heterocycles. The van der Waals surface area contributed by atoms with E-state index in [1.54, 1.807) is 13.2 Å². The molecule has 0 aliphatic carbocycles. The fraction of sp³-hybridized carbons (Fsp3) is 0.250. The summed E-state index contributed by atoms with van der Waals surface area (Å²) in [6.45, 7) is 0.597. The molecule has 0 amide bonds. The molecule has 0 radical (unpaired) electrons. The van der Waals surface area contributed by atoms with Gasteiger partial charge in [-0.1, -0.05) is 18.2 Å². The van der Waals surface area contributed by atoms with Crippen molar-refractivity contribution in [2.24, 2.45) is 5.73 Å². The molecule has 2 aromatic rings. The van der Waals surface area contributed by atoms with Gasteiger partial charge in [0.05, 0.1) is 13.2 Å². The first-order valence-electron chi connectivity index (χ1n) is 6.69. The molecule has 1 aliphatic rings. The Morgan fingerprint density at radius 3 is 2.81 bits per heavy atom. The van der Waals surface area contributed by atoms with Crippen LogP contribution in [0.2, 0.25) is 0 Å². The topological polar surface area (TPSA) is 62.9 Å². The van der Waals surface area contributed by atoms with Crippen LogP contribution in [0.4, 0.5) is 0 Å². The summed E-state index contributed by atoms with van der Waals surface area (Å²) in [7, 11) is 1.63. The summed E-state index contributed by atoms with van der Waals surface area (Å²) in [5, 5.41) is 0. The minimum absolute atomic E-state index is 0.250. The van der Waals surface area contributed by atoms with E-state index in [0.717, 1.165) is 17.1 Å². The van der Waals surface area contributed by atoms with Crippen LogP contribution in [-0.4, -0.2) is 20.5 Å².